The minimum atomic E-state index is -1.03. The summed E-state index contributed by atoms with van der Waals surface area (Å²) >= 11 is 1.53. The Morgan fingerprint density at radius 1 is 1.21 bits per heavy atom. The fraction of sp³-hybridized carbons (Fsp3) is 0.778. The van der Waals surface area contributed by atoms with Crippen molar-refractivity contribution in [1.29, 1.82) is 0 Å². The van der Waals surface area contributed by atoms with Crippen LogP contribution in [0.5, 0.6) is 0 Å². The molecule has 0 spiro atoms. The second-order valence-corrected chi connectivity index (χ2v) is 8.31. The number of nitrogens with zero attached hydrogens (tertiary/aromatic N) is 1. The molecule has 5 N–H and O–H groups in total. The first-order chi connectivity index (χ1) is 13.2. The fourth-order valence-corrected chi connectivity index (χ4v) is 3.68. The number of hydrogen-bond acceptors (Lipinski definition) is 6. The molecule has 0 aromatic carbocycles. The average Bonchev–Trinajstić information content (AvgIpc) is 3.13. The van der Waals surface area contributed by atoms with Crippen LogP contribution in [0.4, 0.5) is 0 Å². The van der Waals surface area contributed by atoms with Crippen molar-refractivity contribution in [3.63, 3.8) is 0 Å². The van der Waals surface area contributed by atoms with Gasteiger partial charge in [-0.2, -0.15) is 11.8 Å². The maximum absolute atomic E-state index is 13.0. The molecule has 0 radical (unpaired) electrons. The topological polar surface area (TPSA) is 142 Å². The molecule has 0 saturated carbocycles. The molecule has 0 aromatic heterocycles. The summed E-state index contributed by atoms with van der Waals surface area (Å²) in [7, 11) is 0. The van der Waals surface area contributed by atoms with Crippen LogP contribution in [-0.2, 0) is 19.2 Å². The molecule has 3 atom stereocenters. The quantitative estimate of drug-likeness (QED) is 0.365. The minimum absolute atomic E-state index is 0.143. The van der Waals surface area contributed by atoms with Gasteiger partial charge < -0.3 is 26.4 Å². The molecule has 0 aliphatic carbocycles. The molecule has 1 aliphatic rings. The standard InChI is InChI=1S/C18H32N4O5S/c1-11(2)9-13(20-15(23)10-19)16(24)21-12(6-8-28-3)17(25)22-7-4-5-14(22)18(26)27/h11-14H,4-10,19H2,1-3H3,(H,20,23)(H,21,24)(H,26,27). The van der Waals surface area contributed by atoms with Crippen LogP contribution in [0.1, 0.15) is 39.5 Å². The number of carbonyl (C=O) groups excluding carboxylic acids is 3. The third-order valence-corrected chi connectivity index (χ3v) is 5.23. The fourth-order valence-electron chi connectivity index (χ4n) is 3.21. The van der Waals surface area contributed by atoms with Gasteiger partial charge in [0, 0.05) is 6.54 Å². The Morgan fingerprint density at radius 3 is 2.43 bits per heavy atom. The summed E-state index contributed by atoms with van der Waals surface area (Å²) in [6, 6.07) is -2.48. The SMILES string of the molecule is CSCCC(NC(=O)C(CC(C)C)NC(=O)CN)C(=O)N1CCCC1C(=O)O. The third kappa shape index (κ3) is 7.31. The van der Waals surface area contributed by atoms with Gasteiger partial charge in [0.1, 0.15) is 18.1 Å². The van der Waals surface area contributed by atoms with Gasteiger partial charge in [0.15, 0.2) is 0 Å². The smallest absolute Gasteiger partial charge is 0.326 e. The van der Waals surface area contributed by atoms with Crippen molar-refractivity contribution >= 4 is 35.5 Å². The molecule has 10 heteroatoms. The monoisotopic (exact) mass is 416 g/mol. The van der Waals surface area contributed by atoms with E-state index in [0.29, 0.717) is 38.0 Å². The van der Waals surface area contributed by atoms with Crippen molar-refractivity contribution in [3.05, 3.63) is 0 Å². The number of carbonyl (C=O) groups is 4. The first kappa shape index (κ1) is 24.2. The van der Waals surface area contributed by atoms with E-state index in [9.17, 15) is 24.3 Å². The van der Waals surface area contributed by atoms with Crippen LogP contribution in [0.25, 0.3) is 0 Å². The maximum Gasteiger partial charge on any atom is 0.326 e. The van der Waals surface area contributed by atoms with Crippen molar-refractivity contribution < 1.29 is 24.3 Å². The zero-order valence-corrected chi connectivity index (χ0v) is 17.6. The van der Waals surface area contributed by atoms with Crippen LogP contribution in [0.15, 0.2) is 0 Å². The number of nitrogens with one attached hydrogen (secondary N) is 2. The summed E-state index contributed by atoms with van der Waals surface area (Å²) in [5, 5.41) is 14.7. The average molecular weight is 417 g/mol. The number of aliphatic carboxylic acids is 1. The van der Waals surface area contributed by atoms with E-state index in [1.165, 1.54) is 16.7 Å². The number of carboxylic acid groups (broad SMARTS) is 1. The number of amides is 3. The van der Waals surface area contributed by atoms with Crippen LogP contribution >= 0.6 is 11.8 Å². The van der Waals surface area contributed by atoms with Crippen LogP contribution in [-0.4, -0.2) is 76.9 Å². The van der Waals surface area contributed by atoms with Crippen molar-refractivity contribution in [2.45, 2.75) is 57.7 Å². The molecule has 3 unspecified atom stereocenters. The molecule has 0 aromatic rings. The number of likely N-dealkylation sites (tertiary alicyclic amines) is 1. The van der Waals surface area contributed by atoms with Gasteiger partial charge >= 0.3 is 5.97 Å². The van der Waals surface area contributed by atoms with E-state index in [4.69, 9.17) is 5.73 Å². The van der Waals surface area contributed by atoms with Crippen molar-refractivity contribution in [1.82, 2.24) is 15.5 Å². The lowest BCUT2D eigenvalue weighted by molar-refractivity contribution is -0.149. The summed E-state index contributed by atoms with van der Waals surface area (Å²) in [6.07, 6.45) is 3.71. The maximum atomic E-state index is 13.0. The predicted octanol–water partition coefficient (Wildman–Crippen LogP) is -0.210. The van der Waals surface area contributed by atoms with E-state index in [1.807, 2.05) is 20.1 Å². The van der Waals surface area contributed by atoms with Crippen LogP contribution in [0.2, 0.25) is 0 Å². The highest BCUT2D eigenvalue weighted by Crippen LogP contribution is 2.20. The Morgan fingerprint density at radius 2 is 1.89 bits per heavy atom. The zero-order valence-electron chi connectivity index (χ0n) is 16.8. The van der Waals surface area contributed by atoms with E-state index < -0.39 is 35.9 Å². The first-order valence-corrected chi connectivity index (χ1v) is 10.9. The molecule has 1 fully saturated rings. The van der Waals surface area contributed by atoms with Gasteiger partial charge in [0.25, 0.3) is 0 Å². The second-order valence-electron chi connectivity index (χ2n) is 7.32. The van der Waals surface area contributed by atoms with Crippen molar-refractivity contribution in [3.8, 4) is 0 Å². The normalized spacial score (nSPS) is 18.6. The zero-order chi connectivity index (χ0) is 21.3. The molecule has 1 heterocycles. The Hall–Kier alpha value is -1.81. The van der Waals surface area contributed by atoms with Gasteiger partial charge in [-0.3, -0.25) is 14.4 Å². The van der Waals surface area contributed by atoms with Gasteiger partial charge in [0.05, 0.1) is 6.54 Å². The number of carboxylic acids is 1. The highest BCUT2D eigenvalue weighted by Gasteiger charge is 2.38. The molecule has 28 heavy (non-hydrogen) atoms. The molecule has 1 aliphatic heterocycles. The van der Waals surface area contributed by atoms with E-state index in [-0.39, 0.29) is 18.4 Å². The van der Waals surface area contributed by atoms with Gasteiger partial charge in [-0.15, -0.1) is 0 Å². The molecule has 160 valence electrons. The molecular weight excluding hydrogens is 384 g/mol. The van der Waals surface area contributed by atoms with Crippen LogP contribution < -0.4 is 16.4 Å². The Kier molecular flexibility index (Phi) is 10.3. The highest BCUT2D eigenvalue weighted by molar-refractivity contribution is 7.98. The summed E-state index contributed by atoms with van der Waals surface area (Å²) in [5.74, 6) is -1.55. The van der Waals surface area contributed by atoms with Crippen LogP contribution in [0.3, 0.4) is 0 Å². The van der Waals surface area contributed by atoms with E-state index >= 15 is 0 Å². The van der Waals surface area contributed by atoms with Gasteiger partial charge in [0.2, 0.25) is 17.7 Å². The summed E-state index contributed by atoms with van der Waals surface area (Å²) in [4.78, 5) is 50.2. The summed E-state index contributed by atoms with van der Waals surface area (Å²) < 4.78 is 0. The van der Waals surface area contributed by atoms with Gasteiger partial charge in [-0.05, 0) is 43.6 Å². The number of nitrogens with two attached hydrogens (primary N) is 1. The van der Waals surface area contributed by atoms with E-state index in [2.05, 4.69) is 10.6 Å². The summed E-state index contributed by atoms with van der Waals surface area (Å²) in [5.41, 5.74) is 5.33. The molecular formula is C18H32N4O5S. The van der Waals surface area contributed by atoms with Gasteiger partial charge in [-0.1, -0.05) is 13.8 Å². The van der Waals surface area contributed by atoms with Crippen molar-refractivity contribution in [2.75, 3.05) is 25.1 Å². The Labute approximate surface area is 170 Å². The Bertz CT molecular complexity index is 572. The van der Waals surface area contributed by atoms with E-state index in [1.54, 1.807) is 0 Å². The largest absolute Gasteiger partial charge is 0.480 e. The predicted molar refractivity (Wildman–Crippen MR) is 108 cm³/mol. The number of rotatable bonds is 11. The van der Waals surface area contributed by atoms with E-state index in [0.717, 1.165) is 0 Å². The molecule has 1 rings (SSSR count). The number of thioether (sulfide) groups is 1. The molecule has 1 saturated heterocycles. The summed E-state index contributed by atoms with van der Waals surface area (Å²) in [6.45, 7) is 3.98. The Balaban J connectivity index is 2.92. The molecule has 3 amide bonds. The second kappa shape index (κ2) is 11.9. The third-order valence-electron chi connectivity index (χ3n) is 4.59. The van der Waals surface area contributed by atoms with Gasteiger partial charge in [-0.25, -0.2) is 4.79 Å². The molecule has 9 nitrogen and oxygen atoms in total. The first-order valence-electron chi connectivity index (χ1n) is 9.53. The minimum Gasteiger partial charge on any atom is -0.480 e. The highest BCUT2D eigenvalue weighted by atomic mass is 32.2. The lowest BCUT2D eigenvalue weighted by Gasteiger charge is -2.29. The molecule has 0 bridgehead atoms. The van der Waals surface area contributed by atoms with Crippen LogP contribution in [0, 0.1) is 5.92 Å². The number of hydrogen-bond donors (Lipinski definition) is 4. The van der Waals surface area contributed by atoms with Crippen molar-refractivity contribution in [2.24, 2.45) is 11.7 Å². The lowest BCUT2D eigenvalue weighted by Crippen LogP contribution is -2.56. The lowest BCUT2D eigenvalue weighted by atomic mass is 10.0.